The van der Waals surface area contributed by atoms with Gasteiger partial charge in [-0.1, -0.05) is 54.1 Å². The van der Waals surface area contributed by atoms with Crippen molar-refractivity contribution in [3.05, 3.63) is 65.3 Å². The molecule has 3 rings (SSSR count). The number of fused-ring (bicyclic) bond motifs is 1. The first-order valence-electron chi connectivity index (χ1n) is 6.56. The fraction of sp³-hybridized carbons (Fsp3) is 0.176. The molecule has 0 fully saturated rings. The third kappa shape index (κ3) is 1.88. The number of hydrogen-bond acceptors (Lipinski definition) is 1. The Bertz CT molecular complexity index is 759. The average Bonchev–Trinajstić information content (AvgIpc) is 2.79. The third-order valence-electron chi connectivity index (χ3n) is 3.85. The van der Waals surface area contributed by atoms with Crippen molar-refractivity contribution >= 4 is 22.4 Å². The van der Waals surface area contributed by atoms with Crippen molar-refractivity contribution < 1.29 is 5.11 Å². The van der Waals surface area contributed by atoms with Crippen LogP contribution in [0.4, 0.5) is 0 Å². The minimum atomic E-state index is -0.353. The molecular weight excluding hydrogens is 270 g/mol. The summed E-state index contributed by atoms with van der Waals surface area (Å²) in [7, 11) is 0. The van der Waals surface area contributed by atoms with Crippen molar-refractivity contribution in [2.45, 2.75) is 19.4 Å². The Labute approximate surface area is 123 Å². The molecule has 0 amide bonds. The van der Waals surface area contributed by atoms with Crippen molar-refractivity contribution in [3.8, 4) is 5.88 Å². The molecule has 2 nitrogen and oxygen atoms in total. The van der Waals surface area contributed by atoms with E-state index in [9.17, 15) is 5.11 Å². The second kappa shape index (κ2) is 4.57. The van der Waals surface area contributed by atoms with Gasteiger partial charge in [0.1, 0.15) is 0 Å². The molecule has 20 heavy (non-hydrogen) atoms. The van der Waals surface area contributed by atoms with Gasteiger partial charge < -0.3 is 9.67 Å². The zero-order valence-electron chi connectivity index (χ0n) is 11.5. The summed E-state index contributed by atoms with van der Waals surface area (Å²) in [5, 5.41) is 12.8. The summed E-state index contributed by atoms with van der Waals surface area (Å²) in [6, 6.07) is 15.8. The lowest BCUT2D eigenvalue weighted by atomic mass is 9.94. The lowest BCUT2D eigenvalue weighted by Gasteiger charge is -2.28. The van der Waals surface area contributed by atoms with Crippen LogP contribution in [0.1, 0.15) is 19.4 Å². The van der Waals surface area contributed by atoms with Crippen molar-refractivity contribution in [2.24, 2.45) is 0 Å². The van der Waals surface area contributed by atoms with Crippen LogP contribution in [0.3, 0.4) is 0 Å². The van der Waals surface area contributed by atoms with Crippen molar-refractivity contribution in [2.75, 3.05) is 0 Å². The van der Waals surface area contributed by atoms with Gasteiger partial charge in [0.15, 0.2) is 0 Å². The monoisotopic (exact) mass is 285 g/mol. The van der Waals surface area contributed by atoms with Crippen molar-refractivity contribution in [1.82, 2.24) is 4.57 Å². The van der Waals surface area contributed by atoms with E-state index in [1.165, 1.54) is 0 Å². The molecule has 1 heterocycles. The Hall–Kier alpha value is -1.93. The maximum absolute atomic E-state index is 10.5. The summed E-state index contributed by atoms with van der Waals surface area (Å²) in [6.07, 6.45) is 1.95. The van der Waals surface area contributed by atoms with Crippen molar-refractivity contribution in [1.29, 1.82) is 0 Å². The molecule has 1 aromatic heterocycles. The van der Waals surface area contributed by atoms with Gasteiger partial charge >= 0.3 is 0 Å². The Morgan fingerprint density at radius 1 is 1.00 bits per heavy atom. The molecule has 0 aliphatic heterocycles. The minimum absolute atomic E-state index is 0.208. The number of aromatic nitrogens is 1. The highest BCUT2D eigenvalue weighted by atomic mass is 35.5. The summed E-state index contributed by atoms with van der Waals surface area (Å²) in [5.41, 5.74) is 0.778. The van der Waals surface area contributed by atoms with E-state index in [2.05, 4.69) is 26.0 Å². The molecule has 0 saturated heterocycles. The number of rotatable bonds is 2. The molecule has 0 saturated carbocycles. The minimum Gasteiger partial charge on any atom is -0.494 e. The number of nitrogens with zero attached hydrogens (tertiary/aromatic N) is 1. The van der Waals surface area contributed by atoms with E-state index in [-0.39, 0.29) is 11.4 Å². The molecule has 102 valence electrons. The smallest absolute Gasteiger partial charge is 0.201 e. The van der Waals surface area contributed by atoms with E-state index in [0.29, 0.717) is 10.4 Å². The predicted octanol–water partition coefficient (Wildman–Crippen LogP) is 4.78. The Kier molecular flexibility index (Phi) is 2.98. The quantitative estimate of drug-likeness (QED) is 0.720. The number of hydrogen-bond donors (Lipinski definition) is 1. The molecule has 0 atom stereocenters. The summed E-state index contributed by atoms with van der Waals surface area (Å²) in [4.78, 5) is 0. The van der Waals surface area contributed by atoms with Crippen LogP contribution in [0.15, 0.2) is 54.7 Å². The number of aromatic hydroxyl groups is 1. The van der Waals surface area contributed by atoms with Crippen LogP contribution >= 0.6 is 11.6 Å². The SMILES string of the molecule is CC(C)(c1ccccc1)n1cc2cccc(Cl)c2c1O. The second-order valence-electron chi connectivity index (χ2n) is 5.45. The highest BCUT2D eigenvalue weighted by Crippen LogP contribution is 2.38. The molecular formula is C17H16ClNO. The van der Waals surface area contributed by atoms with E-state index in [1.807, 2.05) is 41.1 Å². The third-order valence-corrected chi connectivity index (χ3v) is 4.16. The van der Waals surface area contributed by atoms with Crippen molar-refractivity contribution in [3.63, 3.8) is 0 Å². The summed E-state index contributed by atoms with van der Waals surface area (Å²) in [5.74, 6) is 0.208. The van der Waals surface area contributed by atoms with Gasteiger partial charge in [-0.15, -0.1) is 0 Å². The van der Waals surface area contributed by atoms with Gasteiger partial charge in [0.05, 0.1) is 15.9 Å². The van der Waals surface area contributed by atoms with Crippen LogP contribution in [-0.4, -0.2) is 9.67 Å². The predicted molar refractivity (Wildman–Crippen MR) is 83.5 cm³/mol. The molecule has 0 unspecified atom stereocenters. The summed E-state index contributed by atoms with van der Waals surface area (Å²) in [6.45, 7) is 4.16. The van der Waals surface area contributed by atoms with Crippen LogP contribution < -0.4 is 0 Å². The van der Waals surface area contributed by atoms with Gasteiger partial charge in [0, 0.05) is 11.6 Å². The molecule has 0 aliphatic carbocycles. The standard InChI is InChI=1S/C17H16ClNO/c1-17(2,13-8-4-3-5-9-13)19-11-12-7-6-10-14(18)15(12)16(19)20/h3-11,20H,1-2H3. The molecule has 1 N–H and O–H groups in total. The number of halogens is 1. The first-order chi connectivity index (χ1) is 9.51. The molecule has 2 aromatic carbocycles. The zero-order valence-corrected chi connectivity index (χ0v) is 12.2. The van der Waals surface area contributed by atoms with E-state index < -0.39 is 0 Å². The maximum atomic E-state index is 10.5. The topological polar surface area (TPSA) is 25.2 Å². The van der Waals surface area contributed by atoms with Gasteiger partial charge in [-0.2, -0.15) is 0 Å². The second-order valence-corrected chi connectivity index (χ2v) is 5.86. The van der Waals surface area contributed by atoms with Crippen LogP contribution in [0.2, 0.25) is 5.02 Å². The highest BCUT2D eigenvalue weighted by molar-refractivity contribution is 6.36. The van der Waals surface area contributed by atoms with Crippen LogP contribution in [-0.2, 0) is 5.54 Å². The Morgan fingerprint density at radius 2 is 1.70 bits per heavy atom. The van der Waals surface area contributed by atoms with E-state index in [0.717, 1.165) is 10.9 Å². The normalized spacial score (nSPS) is 11.9. The van der Waals surface area contributed by atoms with Gasteiger partial charge in [0.25, 0.3) is 0 Å². The fourth-order valence-corrected chi connectivity index (χ4v) is 2.88. The van der Waals surface area contributed by atoms with E-state index >= 15 is 0 Å². The van der Waals surface area contributed by atoms with Gasteiger partial charge in [-0.25, -0.2) is 0 Å². The fourth-order valence-electron chi connectivity index (χ4n) is 2.62. The van der Waals surface area contributed by atoms with E-state index in [1.54, 1.807) is 6.07 Å². The largest absolute Gasteiger partial charge is 0.494 e. The van der Waals surface area contributed by atoms with E-state index in [4.69, 9.17) is 11.6 Å². The average molecular weight is 286 g/mol. The molecule has 3 aromatic rings. The van der Waals surface area contributed by atoms with Crippen LogP contribution in [0, 0.1) is 0 Å². The van der Waals surface area contributed by atoms with Crippen LogP contribution in [0.25, 0.3) is 10.8 Å². The van der Waals surface area contributed by atoms with Gasteiger partial charge in [0.2, 0.25) is 5.88 Å². The molecule has 0 radical (unpaired) electrons. The first kappa shape index (κ1) is 13.1. The first-order valence-corrected chi connectivity index (χ1v) is 6.94. The molecule has 3 heteroatoms. The Balaban J connectivity index is 2.25. The van der Waals surface area contributed by atoms with Gasteiger partial charge in [-0.05, 0) is 25.5 Å². The molecule has 0 aliphatic rings. The number of benzene rings is 2. The molecule has 0 spiro atoms. The lowest BCUT2D eigenvalue weighted by Crippen LogP contribution is -2.26. The summed E-state index contributed by atoms with van der Waals surface area (Å²) >= 11 is 6.20. The highest BCUT2D eigenvalue weighted by Gasteiger charge is 2.26. The lowest BCUT2D eigenvalue weighted by molar-refractivity contribution is 0.350. The van der Waals surface area contributed by atoms with Crippen LogP contribution in [0.5, 0.6) is 5.88 Å². The maximum Gasteiger partial charge on any atom is 0.201 e. The Morgan fingerprint density at radius 3 is 2.35 bits per heavy atom. The summed E-state index contributed by atoms with van der Waals surface area (Å²) < 4.78 is 1.87. The van der Waals surface area contributed by atoms with Gasteiger partial charge in [-0.3, -0.25) is 0 Å². The molecule has 0 bridgehead atoms. The zero-order chi connectivity index (χ0) is 14.3.